The number of thiophene rings is 1. The molecular formula is C17H15NS. The number of para-hydroxylation sites is 1. The minimum Gasteiger partial charge on any atom is -0.353 e. The number of rotatable bonds is 0. The lowest BCUT2D eigenvalue weighted by atomic mass is 9.99. The average Bonchev–Trinajstić information content (AvgIpc) is 2.96. The molecule has 4 rings (SSSR count). The third-order valence-electron chi connectivity index (χ3n) is 4.13. The van der Waals surface area contributed by atoms with Crippen molar-refractivity contribution in [1.29, 1.82) is 0 Å². The molecule has 0 atom stereocenters. The number of fused-ring (bicyclic) bond motifs is 5. The first-order chi connectivity index (χ1) is 9.16. The van der Waals surface area contributed by atoms with Crippen molar-refractivity contribution in [3.63, 3.8) is 0 Å². The van der Waals surface area contributed by atoms with E-state index >= 15 is 0 Å². The number of H-pyrrole nitrogens is 1. The Morgan fingerprint density at radius 1 is 0.947 bits per heavy atom. The summed E-state index contributed by atoms with van der Waals surface area (Å²) in [6, 6.07) is 10.9. The average molecular weight is 265 g/mol. The van der Waals surface area contributed by atoms with Gasteiger partial charge in [0.15, 0.2) is 0 Å². The zero-order valence-corrected chi connectivity index (χ0v) is 12.1. The van der Waals surface area contributed by atoms with E-state index in [1.54, 1.807) is 0 Å². The van der Waals surface area contributed by atoms with Crippen LogP contribution in [0.2, 0.25) is 0 Å². The third kappa shape index (κ3) is 1.35. The number of aromatic amines is 1. The lowest BCUT2D eigenvalue weighted by Crippen LogP contribution is -1.83. The number of benzene rings is 2. The SMILES string of the molecule is Cc1cc2c(C)c(C)c3c4ccccc4[nH]c3c2s1. The van der Waals surface area contributed by atoms with Gasteiger partial charge in [-0.25, -0.2) is 0 Å². The summed E-state index contributed by atoms with van der Waals surface area (Å²) in [6.45, 7) is 6.67. The topological polar surface area (TPSA) is 15.8 Å². The number of aryl methyl sites for hydroxylation is 3. The van der Waals surface area contributed by atoms with E-state index in [9.17, 15) is 0 Å². The van der Waals surface area contributed by atoms with Gasteiger partial charge in [0.25, 0.3) is 0 Å². The van der Waals surface area contributed by atoms with Gasteiger partial charge in [0.2, 0.25) is 0 Å². The van der Waals surface area contributed by atoms with E-state index in [1.807, 2.05) is 11.3 Å². The maximum Gasteiger partial charge on any atom is 0.0649 e. The molecule has 19 heavy (non-hydrogen) atoms. The fraction of sp³-hybridized carbons (Fsp3) is 0.176. The first kappa shape index (κ1) is 11.1. The number of nitrogens with one attached hydrogen (secondary N) is 1. The van der Waals surface area contributed by atoms with Gasteiger partial charge in [-0.1, -0.05) is 18.2 Å². The molecule has 2 heterocycles. The standard InChI is InChI=1S/C17H15NS/c1-9-8-13-10(2)11(3)15-12-6-4-5-7-14(12)18-16(15)17(13)19-9/h4-8,18H,1-3H3. The van der Waals surface area contributed by atoms with Crippen LogP contribution in [0, 0.1) is 20.8 Å². The molecule has 0 aliphatic heterocycles. The van der Waals surface area contributed by atoms with Crippen molar-refractivity contribution in [3.05, 3.63) is 46.3 Å². The van der Waals surface area contributed by atoms with Gasteiger partial charge >= 0.3 is 0 Å². The van der Waals surface area contributed by atoms with Crippen LogP contribution in [0.5, 0.6) is 0 Å². The maximum atomic E-state index is 3.61. The largest absolute Gasteiger partial charge is 0.353 e. The summed E-state index contributed by atoms with van der Waals surface area (Å²) in [5.41, 5.74) is 5.35. The summed E-state index contributed by atoms with van der Waals surface area (Å²) in [4.78, 5) is 4.99. The molecule has 0 spiro atoms. The van der Waals surface area contributed by atoms with Crippen LogP contribution < -0.4 is 0 Å². The summed E-state index contributed by atoms with van der Waals surface area (Å²) < 4.78 is 1.40. The van der Waals surface area contributed by atoms with Crippen molar-refractivity contribution in [2.45, 2.75) is 20.8 Å². The molecule has 0 bridgehead atoms. The van der Waals surface area contributed by atoms with E-state index in [-0.39, 0.29) is 0 Å². The van der Waals surface area contributed by atoms with Gasteiger partial charge in [-0.2, -0.15) is 0 Å². The predicted octanol–water partition coefficient (Wildman–Crippen LogP) is 5.46. The second kappa shape index (κ2) is 3.61. The zero-order valence-electron chi connectivity index (χ0n) is 11.3. The highest BCUT2D eigenvalue weighted by molar-refractivity contribution is 7.20. The van der Waals surface area contributed by atoms with Gasteiger partial charge in [0, 0.05) is 21.2 Å². The Kier molecular flexibility index (Phi) is 2.10. The van der Waals surface area contributed by atoms with Crippen LogP contribution in [0.25, 0.3) is 31.9 Å². The van der Waals surface area contributed by atoms with Crippen molar-refractivity contribution < 1.29 is 0 Å². The van der Waals surface area contributed by atoms with Gasteiger partial charge in [-0.3, -0.25) is 0 Å². The zero-order chi connectivity index (χ0) is 13.1. The molecule has 0 fully saturated rings. The molecule has 0 amide bonds. The fourth-order valence-electron chi connectivity index (χ4n) is 3.07. The first-order valence-corrected chi connectivity index (χ1v) is 7.38. The molecular weight excluding hydrogens is 250 g/mol. The van der Waals surface area contributed by atoms with E-state index in [1.165, 1.54) is 47.9 Å². The van der Waals surface area contributed by atoms with Crippen LogP contribution in [0.3, 0.4) is 0 Å². The Bertz CT molecular complexity index is 940. The van der Waals surface area contributed by atoms with Gasteiger partial charge in [-0.15, -0.1) is 11.3 Å². The molecule has 0 saturated heterocycles. The van der Waals surface area contributed by atoms with Crippen molar-refractivity contribution in [1.82, 2.24) is 4.98 Å². The van der Waals surface area contributed by atoms with Crippen LogP contribution in [-0.4, -0.2) is 4.98 Å². The van der Waals surface area contributed by atoms with Crippen molar-refractivity contribution in [3.8, 4) is 0 Å². The Labute approximate surface area is 115 Å². The predicted molar refractivity (Wildman–Crippen MR) is 85.4 cm³/mol. The van der Waals surface area contributed by atoms with E-state index in [0.29, 0.717) is 0 Å². The molecule has 0 saturated carbocycles. The van der Waals surface area contributed by atoms with Crippen molar-refractivity contribution >= 4 is 43.2 Å². The van der Waals surface area contributed by atoms with Gasteiger partial charge < -0.3 is 4.98 Å². The molecule has 0 unspecified atom stereocenters. The highest BCUT2D eigenvalue weighted by atomic mass is 32.1. The normalized spacial score (nSPS) is 11.9. The van der Waals surface area contributed by atoms with Crippen LogP contribution in [0.15, 0.2) is 30.3 Å². The smallest absolute Gasteiger partial charge is 0.0649 e. The fourth-order valence-corrected chi connectivity index (χ4v) is 4.15. The monoisotopic (exact) mass is 265 g/mol. The Hall–Kier alpha value is -1.80. The summed E-state index contributed by atoms with van der Waals surface area (Å²) in [5, 5.41) is 4.13. The quantitative estimate of drug-likeness (QED) is 0.434. The molecule has 0 aliphatic carbocycles. The number of hydrogen-bond acceptors (Lipinski definition) is 1. The molecule has 2 heteroatoms. The molecule has 4 aromatic rings. The second-order valence-electron chi connectivity index (χ2n) is 5.27. The van der Waals surface area contributed by atoms with Crippen LogP contribution in [0.4, 0.5) is 0 Å². The number of hydrogen-bond donors (Lipinski definition) is 1. The first-order valence-electron chi connectivity index (χ1n) is 6.56. The van der Waals surface area contributed by atoms with Crippen LogP contribution >= 0.6 is 11.3 Å². The lowest BCUT2D eigenvalue weighted by molar-refractivity contribution is 1.42. The molecule has 2 aromatic heterocycles. The van der Waals surface area contributed by atoms with Crippen molar-refractivity contribution in [2.75, 3.05) is 0 Å². The summed E-state index contributed by atoms with van der Waals surface area (Å²) in [7, 11) is 0. The Balaban J connectivity index is 2.40. The minimum absolute atomic E-state index is 1.23. The molecule has 2 aromatic carbocycles. The van der Waals surface area contributed by atoms with Crippen LogP contribution in [0.1, 0.15) is 16.0 Å². The Morgan fingerprint density at radius 2 is 1.74 bits per heavy atom. The molecule has 1 N–H and O–H groups in total. The van der Waals surface area contributed by atoms with E-state index in [0.717, 1.165) is 0 Å². The number of aromatic nitrogens is 1. The summed E-state index contributed by atoms with van der Waals surface area (Å²) in [5.74, 6) is 0. The van der Waals surface area contributed by atoms with Crippen molar-refractivity contribution in [2.24, 2.45) is 0 Å². The minimum atomic E-state index is 1.23. The summed E-state index contributed by atoms with van der Waals surface area (Å²) in [6.07, 6.45) is 0. The van der Waals surface area contributed by atoms with E-state index in [4.69, 9.17) is 0 Å². The highest BCUT2D eigenvalue weighted by Crippen LogP contribution is 2.40. The Morgan fingerprint density at radius 3 is 2.58 bits per heavy atom. The van der Waals surface area contributed by atoms with E-state index < -0.39 is 0 Å². The molecule has 94 valence electrons. The van der Waals surface area contributed by atoms with Gasteiger partial charge in [0.05, 0.1) is 10.2 Å². The highest BCUT2D eigenvalue weighted by Gasteiger charge is 2.15. The molecule has 0 aliphatic rings. The van der Waals surface area contributed by atoms with E-state index in [2.05, 4.69) is 56.1 Å². The van der Waals surface area contributed by atoms with Gasteiger partial charge in [-0.05, 0) is 49.4 Å². The molecule has 1 nitrogen and oxygen atoms in total. The third-order valence-corrected chi connectivity index (χ3v) is 5.20. The van der Waals surface area contributed by atoms with Crippen LogP contribution in [-0.2, 0) is 0 Å². The molecule has 0 radical (unpaired) electrons. The lowest BCUT2D eigenvalue weighted by Gasteiger charge is -2.05. The maximum absolute atomic E-state index is 3.61. The summed E-state index contributed by atoms with van der Waals surface area (Å²) >= 11 is 1.89. The second-order valence-corrected chi connectivity index (χ2v) is 6.53. The van der Waals surface area contributed by atoms with Gasteiger partial charge in [0.1, 0.15) is 0 Å².